The number of alkyl halides is 3. The van der Waals surface area contributed by atoms with Crippen LogP contribution in [0.3, 0.4) is 0 Å². The number of nitrogens with one attached hydrogen (secondary N) is 1. The third kappa shape index (κ3) is 8.27. The van der Waals surface area contributed by atoms with Crippen LogP contribution in [0.25, 0.3) is 0 Å². The first-order valence-electron chi connectivity index (χ1n) is 10.3. The number of para-hydroxylation sites is 1. The van der Waals surface area contributed by atoms with E-state index in [9.17, 15) is 18.3 Å². The molecular weight excluding hydrogens is 389 g/mol. The summed E-state index contributed by atoms with van der Waals surface area (Å²) in [7, 11) is 0. The summed E-state index contributed by atoms with van der Waals surface area (Å²) in [4.78, 5) is 3.06. The summed E-state index contributed by atoms with van der Waals surface area (Å²) < 4.78 is 39.6. The van der Waals surface area contributed by atoms with E-state index in [1.165, 1.54) is 44.2 Å². The van der Waals surface area contributed by atoms with Gasteiger partial charge in [-0.15, -0.1) is 0 Å². The van der Waals surface area contributed by atoms with Crippen LogP contribution in [0.15, 0.2) is 24.3 Å². The fourth-order valence-corrected chi connectivity index (χ4v) is 3.86. The second-order valence-electron chi connectivity index (χ2n) is 7.66. The number of rotatable bonds is 10. The van der Waals surface area contributed by atoms with Crippen LogP contribution in [-0.2, 0) is 6.18 Å². The molecule has 0 amide bonds. The molecule has 7 heteroatoms. The van der Waals surface area contributed by atoms with Crippen LogP contribution >= 0.6 is 0 Å². The Morgan fingerprint density at radius 1 is 1.04 bits per heavy atom. The van der Waals surface area contributed by atoms with Crippen LogP contribution in [0.2, 0.25) is 0 Å². The fourth-order valence-electron chi connectivity index (χ4n) is 3.86. The molecule has 1 unspecified atom stereocenters. The van der Waals surface area contributed by atoms with Crippen molar-refractivity contribution < 1.29 is 35.6 Å². The Morgan fingerprint density at radius 2 is 1.64 bits per heavy atom. The van der Waals surface area contributed by atoms with Gasteiger partial charge in [-0.05, 0) is 18.6 Å². The number of hydrogen-bond donors (Lipinski definition) is 2. The van der Waals surface area contributed by atoms with E-state index in [1.807, 2.05) is 0 Å². The highest BCUT2D eigenvalue weighted by atomic mass is 35.5. The molecule has 0 saturated carbocycles. The molecule has 0 aliphatic carbocycles. The first kappa shape index (κ1) is 25.2. The van der Waals surface area contributed by atoms with E-state index < -0.39 is 11.7 Å². The number of unbranched alkanes of at least 4 members (excludes halogenated alkanes) is 5. The van der Waals surface area contributed by atoms with E-state index in [0.29, 0.717) is 25.3 Å². The number of benzene rings is 1. The molecule has 1 saturated heterocycles. The molecule has 3 nitrogen and oxygen atoms in total. The van der Waals surface area contributed by atoms with Crippen molar-refractivity contribution in [3.8, 4) is 0 Å². The minimum atomic E-state index is -4.31. The van der Waals surface area contributed by atoms with Gasteiger partial charge in [0.1, 0.15) is 11.3 Å². The van der Waals surface area contributed by atoms with E-state index in [0.717, 1.165) is 30.8 Å². The van der Waals surface area contributed by atoms with Crippen molar-refractivity contribution in [1.29, 1.82) is 0 Å². The molecule has 1 aromatic carbocycles. The van der Waals surface area contributed by atoms with Gasteiger partial charge >= 0.3 is 6.18 Å². The van der Waals surface area contributed by atoms with E-state index in [2.05, 4.69) is 11.8 Å². The van der Waals surface area contributed by atoms with Gasteiger partial charge in [-0.3, -0.25) is 9.80 Å². The number of halogens is 4. The SMILES string of the molecule is CCCCCCCCC(O)CN1CC[NH+](c2ccccc2C(F)(F)F)CC1.[Cl-]. The van der Waals surface area contributed by atoms with Gasteiger partial charge in [0.05, 0.1) is 19.2 Å². The molecule has 0 bridgehead atoms. The summed E-state index contributed by atoms with van der Waals surface area (Å²) in [5.41, 5.74) is -0.186. The fraction of sp³-hybridized carbons (Fsp3) is 0.714. The summed E-state index contributed by atoms with van der Waals surface area (Å²) >= 11 is 0. The molecule has 1 aromatic rings. The average molecular weight is 423 g/mol. The Labute approximate surface area is 173 Å². The van der Waals surface area contributed by atoms with E-state index in [4.69, 9.17) is 0 Å². The highest BCUT2D eigenvalue weighted by Crippen LogP contribution is 2.33. The quantitative estimate of drug-likeness (QED) is 0.542. The molecule has 0 radical (unpaired) electrons. The predicted molar refractivity (Wildman–Crippen MR) is 102 cm³/mol. The number of quaternary nitrogens is 1. The average Bonchev–Trinajstić information content (AvgIpc) is 2.64. The number of nitrogens with zero attached hydrogens (tertiary/aromatic N) is 1. The molecule has 1 fully saturated rings. The monoisotopic (exact) mass is 422 g/mol. The van der Waals surface area contributed by atoms with Crippen molar-refractivity contribution in [2.75, 3.05) is 32.7 Å². The Hall–Kier alpha value is -0.820. The second kappa shape index (κ2) is 12.7. The van der Waals surface area contributed by atoms with Gasteiger partial charge in [0.25, 0.3) is 0 Å². The Bertz CT molecular complexity index is 549. The van der Waals surface area contributed by atoms with Crippen molar-refractivity contribution in [3.05, 3.63) is 29.8 Å². The summed E-state index contributed by atoms with van der Waals surface area (Å²) in [5, 5.41) is 10.2. The Kier molecular flexibility index (Phi) is 11.4. The predicted octanol–water partition coefficient (Wildman–Crippen LogP) is 0.653. The molecular formula is C21H34ClF3N2O. The molecule has 1 heterocycles. The minimum absolute atomic E-state index is 0. The van der Waals surface area contributed by atoms with Crippen LogP contribution in [0.5, 0.6) is 0 Å². The standard InChI is InChI=1S/C21H33F3N2O.ClH/c1-2-3-4-5-6-7-10-18(27)17-25-13-15-26(16-14-25)20-12-9-8-11-19(20)21(22,23)24;/h8-9,11-12,18,27H,2-7,10,13-17H2,1H3;1H. The Morgan fingerprint density at radius 3 is 2.29 bits per heavy atom. The third-order valence-corrected chi connectivity index (χ3v) is 5.43. The normalized spacial score (nSPS) is 17.3. The lowest BCUT2D eigenvalue weighted by atomic mass is 10.1. The van der Waals surface area contributed by atoms with E-state index >= 15 is 0 Å². The number of hydrogen-bond acceptors (Lipinski definition) is 2. The lowest BCUT2D eigenvalue weighted by Crippen LogP contribution is -3.10. The number of aliphatic hydroxyl groups excluding tert-OH is 1. The molecule has 1 atom stereocenters. The zero-order valence-corrected chi connectivity index (χ0v) is 17.5. The van der Waals surface area contributed by atoms with Crippen molar-refractivity contribution in [1.82, 2.24) is 4.90 Å². The smallest absolute Gasteiger partial charge is 0.422 e. The van der Waals surface area contributed by atoms with Crippen LogP contribution in [0.4, 0.5) is 18.9 Å². The maximum absolute atomic E-state index is 13.2. The van der Waals surface area contributed by atoms with Gasteiger partial charge in [0, 0.05) is 19.6 Å². The number of aliphatic hydroxyl groups is 1. The van der Waals surface area contributed by atoms with Crippen LogP contribution in [0.1, 0.15) is 57.4 Å². The number of piperazine rings is 1. The zero-order valence-electron chi connectivity index (χ0n) is 16.8. The highest BCUT2D eigenvalue weighted by molar-refractivity contribution is 5.41. The van der Waals surface area contributed by atoms with E-state index in [-0.39, 0.29) is 18.5 Å². The van der Waals surface area contributed by atoms with Crippen molar-refractivity contribution in [2.45, 2.75) is 64.1 Å². The highest BCUT2D eigenvalue weighted by Gasteiger charge is 2.37. The van der Waals surface area contributed by atoms with Gasteiger partial charge in [0.2, 0.25) is 0 Å². The molecule has 2 N–H and O–H groups in total. The summed E-state index contributed by atoms with van der Waals surface area (Å²) in [5.74, 6) is 0. The van der Waals surface area contributed by atoms with Crippen molar-refractivity contribution in [3.63, 3.8) is 0 Å². The maximum Gasteiger partial charge on any atom is 0.422 e. The molecule has 162 valence electrons. The van der Waals surface area contributed by atoms with Crippen LogP contribution < -0.4 is 17.3 Å². The van der Waals surface area contributed by atoms with Crippen LogP contribution in [-0.4, -0.2) is 48.8 Å². The largest absolute Gasteiger partial charge is 1.00 e. The van der Waals surface area contributed by atoms with Gasteiger partial charge in [-0.2, -0.15) is 13.2 Å². The van der Waals surface area contributed by atoms with Gasteiger partial charge in [0.15, 0.2) is 0 Å². The molecule has 0 spiro atoms. The molecule has 0 aromatic heterocycles. The van der Waals surface area contributed by atoms with Gasteiger partial charge < -0.3 is 17.5 Å². The second-order valence-corrected chi connectivity index (χ2v) is 7.66. The zero-order chi connectivity index (χ0) is 19.7. The maximum atomic E-state index is 13.2. The lowest BCUT2D eigenvalue weighted by Gasteiger charge is -2.33. The van der Waals surface area contributed by atoms with Crippen molar-refractivity contribution in [2.24, 2.45) is 0 Å². The third-order valence-electron chi connectivity index (χ3n) is 5.43. The van der Waals surface area contributed by atoms with Gasteiger partial charge in [-0.1, -0.05) is 57.6 Å². The molecule has 2 rings (SSSR count). The van der Waals surface area contributed by atoms with Gasteiger partial charge in [-0.25, -0.2) is 0 Å². The summed E-state index contributed by atoms with van der Waals surface area (Å²) in [6.45, 7) is 5.54. The first-order chi connectivity index (χ1) is 12.9. The molecule has 1 aliphatic heterocycles. The minimum Gasteiger partial charge on any atom is -1.00 e. The molecule has 1 aliphatic rings. The van der Waals surface area contributed by atoms with E-state index in [1.54, 1.807) is 12.1 Å². The topological polar surface area (TPSA) is 27.9 Å². The lowest BCUT2D eigenvalue weighted by molar-refractivity contribution is -0.838. The summed E-state index contributed by atoms with van der Waals surface area (Å²) in [6, 6.07) is 5.87. The molecule has 28 heavy (non-hydrogen) atoms. The van der Waals surface area contributed by atoms with Crippen molar-refractivity contribution >= 4 is 5.69 Å². The Balaban J connectivity index is 0.00000392. The summed E-state index contributed by atoms with van der Waals surface area (Å²) in [6.07, 6.45) is 3.43. The van der Waals surface area contributed by atoms with Crippen LogP contribution in [0, 0.1) is 0 Å². The first-order valence-corrected chi connectivity index (χ1v) is 10.3. The number of β-amino-alcohol motifs (C(OH)–C–C–N with tert-alkyl or cyclic N) is 1.